The minimum atomic E-state index is -3.46. The van der Waals surface area contributed by atoms with Crippen LogP contribution in [0, 0.1) is 6.92 Å². The lowest BCUT2D eigenvalue weighted by Gasteiger charge is -2.08. The highest BCUT2D eigenvalue weighted by Gasteiger charge is 2.13. The van der Waals surface area contributed by atoms with Gasteiger partial charge in [-0.25, -0.2) is 13.1 Å². The van der Waals surface area contributed by atoms with Crippen molar-refractivity contribution >= 4 is 27.0 Å². The highest BCUT2D eigenvalue weighted by Crippen LogP contribution is 2.17. The summed E-state index contributed by atoms with van der Waals surface area (Å²) >= 11 is 1.60. The van der Waals surface area contributed by atoms with Crippen LogP contribution in [-0.2, 0) is 16.6 Å². The SMILES string of the molecule is CCCNc1ccc(S(=O)(=O)NCc2ccc(C)s2)cc1. The fourth-order valence-electron chi connectivity index (χ4n) is 1.85. The minimum Gasteiger partial charge on any atom is -0.385 e. The maximum absolute atomic E-state index is 12.2. The maximum atomic E-state index is 12.2. The summed E-state index contributed by atoms with van der Waals surface area (Å²) in [6.45, 7) is 5.30. The third-order valence-electron chi connectivity index (χ3n) is 2.98. The standard InChI is InChI=1S/C15H20N2O2S2/c1-3-10-16-13-5-8-15(9-6-13)21(18,19)17-11-14-7-4-12(2)20-14/h4-9,16-17H,3,10-11H2,1-2H3. The Kier molecular flexibility index (Phi) is 5.39. The molecule has 0 bridgehead atoms. The first-order valence-electron chi connectivity index (χ1n) is 6.90. The van der Waals surface area contributed by atoms with Crippen molar-refractivity contribution in [2.75, 3.05) is 11.9 Å². The zero-order valence-electron chi connectivity index (χ0n) is 12.2. The molecule has 0 radical (unpaired) electrons. The minimum absolute atomic E-state index is 0.290. The van der Waals surface area contributed by atoms with Gasteiger partial charge in [-0.15, -0.1) is 11.3 Å². The van der Waals surface area contributed by atoms with Crippen LogP contribution in [0.25, 0.3) is 0 Å². The average molecular weight is 324 g/mol. The molecule has 1 heterocycles. The van der Waals surface area contributed by atoms with E-state index >= 15 is 0 Å². The molecular weight excluding hydrogens is 304 g/mol. The molecule has 1 aromatic carbocycles. The molecule has 6 heteroatoms. The Bertz CT molecular complexity index is 676. The zero-order chi connectivity index (χ0) is 15.3. The number of nitrogens with one attached hydrogen (secondary N) is 2. The number of thiophene rings is 1. The summed E-state index contributed by atoms with van der Waals surface area (Å²) in [5.41, 5.74) is 0.935. The molecule has 0 saturated carbocycles. The van der Waals surface area contributed by atoms with Gasteiger partial charge < -0.3 is 5.32 Å². The Morgan fingerprint density at radius 2 is 1.81 bits per heavy atom. The third-order valence-corrected chi connectivity index (χ3v) is 5.39. The fourth-order valence-corrected chi connectivity index (χ4v) is 3.78. The first kappa shape index (κ1) is 16.0. The number of hydrogen-bond acceptors (Lipinski definition) is 4. The number of anilines is 1. The summed E-state index contributed by atoms with van der Waals surface area (Å²) in [6.07, 6.45) is 1.03. The van der Waals surface area contributed by atoms with E-state index < -0.39 is 10.0 Å². The molecule has 4 nitrogen and oxygen atoms in total. The Labute approximate surface area is 130 Å². The molecule has 21 heavy (non-hydrogen) atoms. The first-order valence-corrected chi connectivity index (χ1v) is 9.20. The van der Waals surface area contributed by atoms with Gasteiger partial charge in [0.15, 0.2) is 0 Å². The predicted octanol–water partition coefficient (Wildman–Crippen LogP) is 3.36. The number of rotatable bonds is 7. The van der Waals surface area contributed by atoms with Gasteiger partial charge in [0.25, 0.3) is 0 Å². The molecule has 114 valence electrons. The molecule has 2 rings (SSSR count). The van der Waals surface area contributed by atoms with Gasteiger partial charge in [0.05, 0.1) is 4.90 Å². The topological polar surface area (TPSA) is 58.2 Å². The Morgan fingerprint density at radius 3 is 2.38 bits per heavy atom. The van der Waals surface area contributed by atoms with Crippen LogP contribution in [0.15, 0.2) is 41.3 Å². The largest absolute Gasteiger partial charge is 0.385 e. The molecule has 1 aromatic heterocycles. The van der Waals surface area contributed by atoms with E-state index in [4.69, 9.17) is 0 Å². The summed E-state index contributed by atoms with van der Waals surface area (Å²) < 4.78 is 27.1. The van der Waals surface area contributed by atoms with E-state index in [1.807, 2.05) is 19.1 Å². The number of sulfonamides is 1. The number of aryl methyl sites for hydroxylation is 1. The molecule has 0 saturated heterocycles. The van der Waals surface area contributed by atoms with Gasteiger partial charge in [-0.1, -0.05) is 6.92 Å². The van der Waals surface area contributed by atoms with E-state index in [9.17, 15) is 8.42 Å². The third kappa shape index (κ3) is 4.56. The van der Waals surface area contributed by atoms with E-state index in [2.05, 4.69) is 17.0 Å². The highest BCUT2D eigenvalue weighted by atomic mass is 32.2. The molecule has 0 spiro atoms. The smallest absolute Gasteiger partial charge is 0.240 e. The van der Waals surface area contributed by atoms with Gasteiger partial charge in [0.1, 0.15) is 0 Å². The van der Waals surface area contributed by atoms with Crippen molar-refractivity contribution in [2.24, 2.45) is 0 Å². The van der Waals surface area contributed by atoms with Crippen LogP contribution in [0.3, 0.4) is 0 Å². The van der Waals surface area contributed by atoms with Gasteiger partial charge in [0.2, 0.25) is 10.0 Å². The van der Waals surface area contributed by atoms with Crippen LogP contribution in [0.1, 0.15) is 23.1 Å². The van der Waals surface area contributed by atoms with Crippen LogP contribution in [-0.4, -0.2) is 15.0 Å². The summed E-state index contributed by atoms with van der Waals surface area (Å²) in [5.74, 6) is 0. The Morgan fingerprint density at radius 1 is 1.10 bits per heavy atom. The van der Waals surface area contributed by atoms with Gasteiger partial charge in [0, 0.05) is 28.5 Å². The second-order valence-electron chi connectivity index (χ2n) is 4.79. The normalized spacial score (nSPS) is 11.5. The van der Waals surface area contributed by atoms with E-state index in [-0.39, 0.29) is 4.90 Å². The molecule has 0 amide bonds. The van der Waals surface area contributed by atoms with E-state index in [0.29, 0.717) is 6.54 Å². The van der Waals surface area contributed by atoms with Crippen LogP contribution >= 0.6 is 11.3 Å². The summed E-state index contributed by atoms with van der Waals surface area (Å²) in [5, 5.41) is 3.22. The van der Waals surface area contributed by atoms with Crippen LogP contribution in [0.5, 0.6) is 0 Å². The first-order chi connectivity index (χ1) is 10.0. The zero-order valence-corrected chi connectivity index (χ0v) is 13.9. The lowest BCUT2D eigenvalue weighted by molar-refractivity contribution is 0.582. The Balaban J connectivity index is 2.01. The molecular formula is C15H20N2O2S2. The van der Waals surface area contributed by atoms with Crippen molar-refractivity contribution in [2.45, 2.75) is 31.7 Å². The molecule has 0 unspecified atom stereocenters. The molecule has 0 atom stereocenters. The predicted molar refractivity (Wildman–Crippen MR) is 88.3 cm³/mol. The monoisotopic (exact) mass is 324 g/mol. The van der Waals surface area contributed by atoms with E-state index in [1.54, 1.807) is 35.6 Å². The van der Waals surface area contributed by atoms with Crippen molar-refractivity contribution in [1.29, 1.82) is 0 Å². The van der Waals surface area contributed by atoms with E-state index in [1.165, 1.54) is 4.88 Å². The second kappa shape index (κ2) is 7.06. The number of hydrogen-bond donors (Lipinski definition) is 2. The molecule has 0 aliphatic carbocycles. The Hall–Kier alpha value is -1.37. The summed E-state index contributed by atoms with van der Waals surface area (Å²) in [7, 11) is -3.46. The van der Waals surface area contributed by atoms with E-state index in [0.717, 1.165) is 23.5 Å². The molecule has 2 aromatic rings. The van der Waals surface area contributed by atoms with Crippen LogP contribution in [0.4, 0.5) is 5.69 Å². The van der Waals surface area contributed by atoms with Gasteiger partial charge in [-0.2, -0.15) is 0 Å². The molecule has 0 fully saturated rings. The molecule has 2 N–H and O–H groups in total. The fraction of sp³-hybridized carbons (Fsp3) is 0.333. The van der Waals surface area contributed by atoms with Gasteiger partial charge in [-0.3, -0.25) is 0 Å². The van der Waals surface area contributed by atoms with Crippen LogP contribution < -0.4 is 10.0 Å². The van der Waals surface area contributed by atoms with Gasteiger partial charge >= 0.3 is 0 Å². The lowest BCUT2D eigenvalue weighted by atomic mass is 10.3. The van der Waals surface area contributed by atoms with Crippen molar-refractivity contribution in [3.8, 4) is 0 Å². The van der Waals surface area contributed by atoms with Crippen molar-refractivity contribution in [3.05, 3.63) is 46.2 Å². The summed E-state index contributed by atoms with van der Waals surface area (Å²) in [4.78, 5) is 2.48. The lowest BCUT2D eigenvalue weighted by Crippen LogP contribution is -2.22. The van der Waals surface area contributed by atoms with Crippen molar-refractivity contribution < 1.29 is 8.42 Å². The quantitative estimate of drug-likeness (QED) is 0.821. The number of benzene rings is 1. The molecule has 0 aliphatic rings. The summed E-state index contributed by atoms with van der Waals surface area (Å²) in [6, 6.07) is 10.8. The second-order valence-corrected chi connectivity index (χ2v) is 7.93. The average Bonchev–Trinajstić information content (AvgIpc) is 2.89. The van der Waals surface area contributed by atoms with Crippen molar-refractivity contribution in [3.63, 3.8) is 0 Å². The van der Waals surface area contributed by atoms with Gasteiger partial charge in [-0.05, 0) is 49.7 Å². The highest BCUT2D eigenvalue weighted by molar-refractivity contribution is 7.89. The van der Waals surface area contributed by atoms with Crippen molar-refractivity contribution in [1.82, 2.24) is 4.72 Å². The maximum Gasteiger partial charge on any atom is 0.240 e. The molecule has 0 aliphatic heterocycles. The van der Waals surface area contributed by atoms with Crippen LogP contribution in [0.2, 0.25) is 0 Å².